The standard InChI is InChI=1S/C14H12F3NOS/c1-8-7-12(20-9(8)2)18-13(19)10-3-5-11(6-4-10)14(15,16)17/h3-7H,1-2H3,(H,18,19). The first-order chi connectivity index (χ1) is 9.27. The highest BCUT2D eigenvalue weighted by Gasteiger charge is 2.30. The number of nitrogens with one attached hydrogen (secondary N) is 1. The fourth-order valence-electron chi connectivity index (χ4n) is 1.63. The number of hydrogen-bond donors (Lipinski definition) is 1. The van der Waals surface area contributed by atoms with Gasteiger partial charge in [0.15, 0.2) is 0 Å². The van der Waals surface area contributed by atoms with E-state index in [1.54, 1.807) is 0 Å². The Kier molecular flexibility index (Phi) is 3.85. The van der Waals surface area contributed by atoms with Crippen LogP contribution in [0.5, 0.6) is 0 Å². The zero-order valence-corrected chi connectivity index (χ0v) is 11.7. The molecule has 1 amide bonds. The van der Waals surface area contributed by atoms with E-state index in [1.807, 2.05) is 19.9 Å². The quantitative estimate of drug-likeness (QED) is 0.860. The van der Waals surface area contributed by atoms with Gasteiger partial charge >= 0.3 is 6.18 Å². The molecule has 0 aliphatic carbocycles. The molecule has 106 valence electrons. The number of amides is 1. The van der Waals surface area contributed by atoms with E-state index in [2.05, 4.69) is 5.32 Å². The summed E-state index contributed by atoms with van der Waals surface area (Å²) in [4.78, 5) is 13.0. The fraction of sp³-hybridized carbons (Fsp3) is 0.214. The predicted molar refractivity (Wildman–Crippen MR) is 73.2 cm³/mol. The van der Waals surface area contributed by atoms with Gasteiger partial charge in [0, 0.05) is 10.4 Å². The lowest BCUT2D eigenvalue weighted by atomic mass is 10.1. The van der Waals surface area contributed by atoms with Crippen LogP contribution in [0.4, 0.5) is 18.2 Å². The van der Waals surface area contributed by atoms with E-state index >= 15 is 0 Å². The van der Waals surface area contributed by atoms with Crippen LogP contribution in [0, 0.1) is 13.8 Å². The zero-order chi connectivity index (χ0) is 14.9. The molecular formula is C14H12F3NOS. The molecule has 0 unspecified atom stereocenters. The molecule has 20 heavy (non-hydrogen) atoms. The number of halogens is 3. The summed E-state index contributed by atoms with van der Waals surface area (Å²) in [5.41, 5.74) is 0.497. The van der Waals surface area contributed by atoms with Gasteiger partial charge in [-0.15, -0.1) is 11.3 Å². The first kappa shape index (κ1) is 14.6. The lowest BCUT2D eigenvalue weighted by Gasteiger charge is -2.07. The zero-order valence-electron chi connectivity index (χ0n) is 10.8. The monoisotopic (exact) mass is 299 g/mol. The Morgan fingerprint density at radius 2 is 1.75 bits per heavy atom. The second kappa shape index (κ2) is 5.28. The number of hydrogen-bond acceptors (Lipinski definition) is 2. The molecule has 1 N–H and O–H groups in total. The molecule has 0 atom stereocenters. The first-order valence-corrected chi connectivity index (χ1v) is 6.64. The van der Waals surface area contributed by atoms with E-state index < -0.39 is 17.6 Å². The first-order valence-electron chi connectivity index (χ1n) is 5.83. The molecule has 0 saturated heterocycles. The maximum atomic E-state index is 12.4. The maximum Gasteiger partial charge on any atom is 0.416 e. The van der Waals surface area contributed by atoms with Gasteiger partial charge in [0.2, 0.25) is 0 Å². The van der Waals surface area contributed by atoms with Crippen LogP contribution < -0.4 is 5.32 Å². The maximum absolute atomic E-state index is 12.4. The summed E-state index contributed by atoms with van der Waals surface area (Å²) in [5.74, 6) is -0.417. The predicted octanol–water partition coefficient (Wildman–Crippen LogP) is 4.64. The number of carbonyl (C=O) groups excluding carboxylic acids is 1. The van der Waals surface area contributed by atoms with Crippen molar-refractivity contribution in [1.29, 1.82) is 0 Å². The molecule has 0 radical (unpaired) electrons. The molecule has 0 aliphatic rings. The molecule has 1 heterocycles. The van der Waals surface area contributed by atoms with Gasteiger partial charge in [0.25, 0.3) is 5.91 Å². The van der Waals surface area contributed by atoms with Crippen LogP contribution in [-0.2, 0) is 6.18 Å². The van der Waals surface area contributed by atoms with Crippen molar-refractivity contribution in [2.45, 2.75) is 20.0 Å². The average Bonchev–Trinajstić information content (AvgIpc) is 2.67. The number of aryl methyl sites for hydroxylation is 2. The molecule has 1 aromatic heterocycles. The van der Waals surface area contributed by atoms with Gasteiger partial charge < -0.3 is 5.32 Å². The van der Waals surface area contributed by atoms with Gasteiger partial charge in [-0.25, -0.2) is 0 Å². The summed E-state index contributed by atoms with van der Waals surface area (Å²) >= 11 is 1.43. The van der Waals surface area contributed by atoms with Gasteiger partial charge in [-0.3, -0.25) is 4.79 Å². The van der Waals surface area contributed by atoms with E-state index in [0.717, 1.165) is 22.6 Å². The highest BCUT2D eigenvalue weighted by Crippen LogP contribution is 2.29. The van der Waals surface area contributed by atoms with E-state index in [9.17, 15) is 18.0 Å². The van der Waals surface area contributed by atoms with E-state index in [4.69, 9.17) is 0 Å². The molecular weight excluding hydrogens is 287 g/mol. The normalized spacial score (nSPS) is 11.4. The van der Waals surface area contributed by atoms with Crippen molar-refractivity contribution >= 4 is 22.2 Å². The van der Waals surface area contributed by atoms with E-state index in [1.165, 1.54) is 23.5 Å². The Balaban J connectivity index is 2.13. The summed E-state index contributed by atoms with van der Waals surface area (Å²) in [6, 6.07) is 5.98. The highest BCUT2D eigenvalue weighted by atomic mass is 32.1. The van der Waals surface area contributed by atoms with Crippen LogP contribution >= 0.6 is 11.3 Å². The number of alkyl halides is 3. The smallest absolute Gasteiger partial charge is 0.314 e. The molecule has 0 saturated carbocycles. The second-order valence-corrected chi connectivity index (χ2v) is 5.64. The van der Waals surface area contributed by atoms with Crippen molar-refractivity contribution in [1.82, 2.24) is 0 Å². The van der Waals surface area contributed by atoms with Crippen LogP contribution in [-0.4, -0.2) is 5.91 Å². The van der Waals surface area contributed by atoms with E-state index in [0.29, 0.717) is 5.00 Å². The Hall–Kier alpha value is -1.82. The SMILES string of the molecule is Cc1cc(NC(=O)c2ccc(C(F)(F)F)cc2)sc1C. The number of rotatable bonds is 2. The topological polar surface area (TPSA) is 29.1 Å². The van der Waals surface area contributed by atoms with Gasteiger partial charge in [-0.1, -0.05) is 0 Å². The number of benzene rings is 1. The molecule has 1 aromatic carbocycles. The summed E-state index contributed by atoms with van der Waals surface area (Å²) in [6.07, 6.45) is -4.39. The largest absolute Gasteiger partial charge is 0.416 e. The summed E-state index contributed by atoms with van der Waals surface area (Å²) in [6.45, 7) is 3.87. The molecule has 0 aliphatic heterocycles. The van der Waals surface area contributed by atoms with Gasteiger partial charge in [0.1, 0.15) is 0 Å². The fourth-order valence-corrected chi connectivity index (χ4v) is 2.56. The molecule has 6 heteroatoms. The summed E-state index contributed by atoms with van der Waals surface area (Å²) in [5, 5.41) is 3.36. The minimum Gasteiger partial charge on any atom is -0.314 e. The van der Waals surface area contributed by atoms with Crippen molar-refractivity contribution in [3.63, 3.8) is 0 Å². The highest BCUT2D eigenvalue weighted by molar-refractivity contribution is 7.16. The lowest BCUT2D eigenvalue weighted by Crippen LogP contribution is -2.12. The van der Waals surface area contributed by atoms with Crippen molar-refractivity contribution in [3.05, 3.63) is 51.9 Å². The third kappa shape index (κ3) is 3.19. The molecule has 0 fully saturated rings. The Bertz CT molecular complexity index is 609. The van der Waals surface area contributed by atoms with Crippen LogP contribution in [0.25, 0.3) is 0 Å². The molecule has 2 rings (SSSR count). The molecule has 0 spiro atoms. The average molecular weight is 299 g/mol. The van der Waals surface area contributed by atoms with Crippen molar-refractivity contribution in [3.8, 4) is 0 Å². The van der Waals surface area contributed by atoms with Crippen molar-refractivity contribution in [2.75, 3.05) is 5.32 Å². The minimum atomic E-state index is -4.39. The Morgan fingerprint density at radius 1 is 1.15 bits per heavy atom. The van der Waals surface area contributed by atoms with Crippen LogP contribution in [0.2, 0.25) is 0 Å². The van der Waals surface area contributed by atoms with Crippen LogP contribution in [0.3, 0.4) is 0 Å². The van der Waals surface area contributed by atoms with Crippen LogP contribution in [0.15, 0.2) is 30.3 Å². The Labute approximate surface area is 118 Å². The Morgan fingerprint density at radius 3 is 2.20 bits per heavy atom. The van der Waals surface area contributed by atoms with Crippen LogP contribution in [0.1, 0.15) is 26.4 Å². The van der Waals surface area contributed by atoms with Gasteiger partial charge in [-0.2, -0.15) is 13.2 Å². The molecule has 0 bridgehead atoms. The van der Waals surface area contributed by atoms with Crippen molar-refractivity contribution in [2.24, 2.45) is 0 Å². The van der Waals surface area contributed by atoms with Crippen molar-refractivity contribution < 1.29 is 18.0 Å². The van der Waals surface area contributed by atoms with E-state index in [-0.39, 0.29) is 5.56 Å². The second-order valence-electron chi connectivity index (χ2n) is 4.38. The summed E-state index contributed by atoms with van der Waals surface area (Å²) in [7, 11) is 0. The van der Waals surface area contributed by atoms with Gasteiger partial charge in [0.05, 0.1) is 10.6 Å². The third-order valence-electron chi connectivity index (χ3n) is 2.88. The minimum absolute atomic E-state index is 0.196. The number of thiophene rings is 1. The number of anilines is 1. The number of carbonyl (C=O) groups is 1. The summed E-state index contributed by atoms with van der Waals surface area (Å²) < 4.78 is 37.2. The lowest BCUT2D eigenvalue weighted by molar-refractivity contribution is -0.137. The molecule has 2 aromatic rings. The molecule has 2 nitrogen and oxygen atoms in total. The van der Waals surface area contributed by atoms with Gasteiger partial charge in [-0.05, 0) is 49.7 Å². The third-order valence-corrected chi connectivity index (χ3v) is 3.95.